The molecule has 0 unspecified atom stereocenters. The molecule has 110 valence electrons. The summed E-state index contributed by atoms with van der Waals surface area (Å²) in [4.78, 5) is 25.8. The number of rotatable bonds is 7. The standard InChI is InChI=1S/C15H16N2O3S/c1-2-9-20-13-6-4-3-5-12(13)14(18)16-8-7-11-10-21-15(19)17-11/h2-6,10H,1,7-9H2,(H,16,18)(H,17,19). The van der Waals surface area contributed by atoms with Gasteiger partial charge in [-0.1, -0.05) is 36.1 Å². The van der Waals surface area contributed by atoms with Crippen molar-refractivity contribution in [3.05, 3.63) is 63.2 Å². The van der Waals surface area contributed by atoms with Crippen LogP contribution in [0.25, 0.3) is 0 Å². The van der Waals surface area contributed by atoms with Crippen LogP contribution < -0.4 is 14.9 Å². The second-order valence-corrected chi connectivity index (χ2v) is 5.12. The first-order valence-electron chi connectivity index (χ1n) is 6.48. The molecule has 0 atom stereocenters. The molecule has 2 rings (SSSR count). The van der Waals surface area contributed by atoms with Gasteiger partial charge >= 0.3 is 4.87 Å². The molecule has 2 aromatic rings. The normalized spacial score (nSPS) is 10.1. The molecule has 0 radical (unpaired) electrons. The number of thiazole rings is 1. The Morgan fingerprint density at radius 1 is 1.43 bits per heavy atom. The molecule has 0 fully saturated rings. The van der Waals surface area contributed by atoms with Crippen LogP contribution in [0, 0.1) is 0 Å². The molecule has 0 aliphatic carbocycles. The lowest BCUT2D eigenvalue weighted by atomic mass is 10.2. The molecule has 0 bridgehead atoms. The van der Waals surface area contributed by atoms with Gasteiger partial charge in [0.05, 0.1) is 5.56 Å². The number of benzene rings is 1. The largest absolute Gasteiger partial charge is 0.489 e. The fourth-order valence-corrected chi connectivity index (χ4v) is 2.39. The van der Waals surface area contributed by atoms with Gasteiger partial charge in [0.25, 0.3) is 5.91 Å². The first-order valence-corrected chi connectivity index (χ1v) is 7.36. The van der Waals surface area contributed by atoms with Gasteiger partial charge in [0.1, 0.15) is 12.4 Å². The average Bonchev–Trinajstić information content (AvgIpc) is 2.91. The number of carbonyl (C=O) groups is 1. The number of ether oxygens (including phenoxy) is 1. The summed E-state index contributed by atoms with van der Waals surface area (Å²) in [6.07, 6.45) is 2.21. The molecule has 0 aliphatic heterocycles. The molecular weight excluding hydrogens is 288 g/mol. The summed E-state index contributed by atoms with van der Waals surface area (Å²) in [6, 6.07) is 7.05. The Morgan fingerprint density at radius 2 is 2.24 bits per heavy atom. The summed E-state index contributed by atoms with van der Waals surface area (Å²) in [6.45, 7) is 4.38. The quantitative estimate of drug-likeness (QED) is 0.768. The number of aromatic nitrogens is 1. The third-order valence-corrected chi connectivity index (χ3v) is 3.46. The van der Waals surface area contributed by atoms with Crippen molar-refractivity contribution in [2.75, 3.05) is 13.2 Å². The van der Waals surface area contributed by atoms with E-state index in [-0.39, 0.29) is 10.8 Å². The molecule has 1 aromatic heterocycles. The minimum Gasteiger partial charge on any atom is -0.489 e. The Hall–Kier alpha value is -2.34. The Labute approximate surface area is 126 Å². The van der Waals surface area contributed by atoms with Gasteiger partial charge in [0.15, 0.2) is 0 Å². The number of nitrogens with one attached hydrogen (secondary N) is 2. The minimum atomic E-state index is -0.202. The minimum absolute atomic E-state index is 0.0838. The molecule has 1 amide bonds. The fraction of sp³-hybridized carbons (Fsp3) is 0.200. The highest BCUT2D eigenvalue weighted by Crippen LogP contribution is 2.17. The highest BCUT2D eigenvalue weighted by molar-refractivity contribution is 7.07. The number of aromatic amines is 1. The number of H-pyrrole nitrogens is 1. The van der Waals surface area contributed by atoms with E-state index in [0.29, 0.717) is 30.9 Å². The van der Waals surface area contributed by atoms with Gasteiger partial charge in [-0.3, -0.25) is 9.59 Å². The maximum Gasteiger partial charge on any atom is 0.304 e. The molecule has 5 nitrogen and oxygen atoms in total. The van der Waals surface area contributed by atoms with Gasteiger partial charge in [-0.15, -0.1) is 0 Å². The zero-order valence-corrected chi connectivity index (χ0v) is 12.2. The van der Waals surface area contributed by atoms with Crippen molar-refractivity contribution in [2.45, 2.75) is 6.42 Å². The summed E-state index contributed by atoms with van der Waals surface area (Å²) in [5.74, 6) is 0.325. The average molecular weight is 304 g/mol. The van der Waals surface area contributed by atoms with Crippen molar-refractivity contribution in [3.63, 3.8) is 0 Å². The number of hydrogen-bond acceptors (Lipinski definition) is 4. The summed E-state index contributed by atoms with van der Waals surface area (Å²) in [7, 11) is 0. The molecule has 0 saturated carbocycles. The molecule has 1 aromatic carbocycles. The van der Waals surface area contributed by atoms with Crippen LogP contribution in [0.5, 0.6) is 5.75 Å². The van der Waals surface area contributed by atoms with Gasteiger partial charge in [0.2, 0.25) is 0 Å². The van der Waals surface area contributed by atoms with Crippen LogP contribution in [0.3, 0.4) is 0 Å². The van der Waals surface area contributed by atoms with Crippen molar-refractivity contribution < 1.29 is 9.53 Å². The topological polar surface area (TPSA) is 71.2 Å². The van der Waals surface area contributed by atoms with Crippen LogP contribution in [0.1, 0.15) is 16.1 Å². The van der Waals surface area contributed by atoms with E-state index in [1.807, 2.05) is 6.07 Å². The molecule has 0 saturated heterocycles. The van der Waals surface area contributed by atoms with E-state index in [1.165, 1.54) is 0 Å². The van der Waals surface area contributed by atoms with Crippen molar-refractivity contribution in [3.8, 4) is 5.75 Å². The molecule has 0 aliphatic rings. The van der Waals surface area contributed by atoms with E-state index in [2.05, 4.69) is 16.9 Å². The fourth-order valence-electron chi connectivity index (χ4n) is 1.77. The summed E-state index contributed by atoms with van der Waals surface area (Å²) in [5.41, 5.74) is 1.31. The zero-order valence-electron chi connectivity index (χ0n) is 11.4. The Kier molecular flexibility index (Phi) is 5.34. The molecule has 6 heteroatoms. The Bertz CT molecular complexity index is 675. The van der Waals surface area contributed by atoms with Crippen LogP contribution >= 0.6 is 11.3 Å². The van der Waals surface area contributed by atoms with E-state index < -0.39 is 0 Å². The second-order valence-electron chi connectivity index (χ2n) is 4.28. The van der Waals surface area contributed by atoms with Crippen molar-refractivity contribution >= 4 is 17.2 Å². The van der Waals surface area contributed by atoms with Crippen molar-refractivity contribution in [1.82, 2.24) is 10.3 Å². The van der Waals surface area contributed by atoms with E-state index in [4.69, 9.17) is 4.74 Å². The highest BCUT2D eigenvalue weighted by Gasteiger charge is 2.11. The lowest BCUT2D eigenvalue weighted by Gasteiger charge is -2.10. The molecular formula is C15H16N2O3S. The number of amides is 1. The molecule has 1 heterocycles. The van der Waals surface area contributed by atoms with Crippen molar-refractivity contribution in [1.29, 1.82) is 0 Å². The maximum atomic E-state index is 12.1. The lowest BCUT2D eigenvalue weighted by molar-refractivity contribution is 0.0950. The predicted molar refractivity (Wildman–Crippen MR) is 83.1 cm³/mol. The number of hydrogen-bond donors (Lipinski definition) is 2. The monoisotopic (exact) mass is 304 g/mol. The molecule has 0 spiro atoms. The summed E-state index contributed by atoms with van der Waals surface area (Å²) >= 11 is 1.12. The van der Waals surface area contributed by atoms with Crippen LogP contribution in [0.2, 0.25) is 0 Å². The first kappa shape index (κ1) is 15.1. The van der Waals surface area contributed by atoms with Gasteiger partial charge in [0, 0.05) is 24.0 Å². The summed E-state index contributed by atoms with van der Waals surface area (Å²) < 4.78 is 5.45. The Morgan fingerprint density at radius 3 is 2.95 bits per heavy atom. The van der Waals surface area contributed by atoms with Gasteiger partial charge in [-0.2, -0.15) is 0 Å². The van der Waals surface area contributed by atoms with Gasteiger partial charge in [-0.25, -0.2) is 0 Å². The van der Waals surface area contributed by atoms with Crippen LogP contribution in [-0.2, 0) is 6.42 Å². The first-order chi connectivity index (χ1) is 10.2. The number of carbonyl (C=O) groups excluding carboxylic acids is 1. The highest BCUT2D eigenvalue weighted by atomic mass is 32.1. The maximum absolute atomic E-state index is 12.1. The van der Waals surface area contributed by atoms with Gasteiger partial charge < -0.3 is 15.0 Å². The lowest BCUT2D eigenvalue weighted by Crippen LogP contribution is -2.26. The van der Waals surface area contributed by atoms with Crippen LogP contribution in [0.15, 0.2) is 47.1 Å². The van der Waals surface area contributed by atoms with Gasteiger partial charge in [-0.05, 0) is 12.1 Å². The summed E-state index contributed by atoms with van der Waals surface area (Å²) in [5, 5.41) is 4.57. The predicted octanol–water partition coefficient (Wildman–Crippen LogP) is 1.97. The smallest absolute Gasteiger partial charge is 0.304 e. The van der Waals surface area contributed by atoms with Crippen LogP contribution in [-0.4, -0.2) is 24.0 Å². The van der Waals surface area contributed by atoms with E-state index in [0.717, 1.165) is 17.0 Å². The SMILES string of the molecule is C=CCOc1ccccc1C(=O)NCCc1csc(=O)[nH]1. The number of para-hydroxylation sites is 1. The molecule has 2 N–H and O–H groups in total. The Balaban J connectivity index is 1.93. The third-order valence-electron chi connectivity index (χ3n) is 2.74. The van der Waals surface area contributed by atoms with Crippen molar-refractivity contribution in [2.24, 2.45) is 0 Å². The zero-order chi connectivity index (χ0) is 15.1. The van der Waals surface area contributed by atoms with Crippen LogP contribution in [0.4, 0.5) is 0 Å². The molecule has 21 heavy (non-hydrogen) atoms. The van der Waals surface area contributed by atoms with E-state index in [1.54, 1.807) is 29.7 Å². The second kappa shape index (κ2) is 7.44. The van der Waals surface area contributed by atoms with E-state index >= 15 is 0 Å². The van der Waals surface area contributed by atoms with E-state index in [9.17, 15) is 9.59 Å². The third kappa shape index (κ3) is 4.32.